The molecule has 1 fully saturated rings. The Morgan fingerprint density at radius 3 is 2.95 bits per heavy atom. The van der Waals surface area contributed by atoms with Gasteiger partial charge in [0.2, 0.25) is 5.91 Å². The number of hydrogen-bond donors (Lipinski definition) is 1. The van der Waals surface area contributed by atoms with Gasteiger partial charge in [-0.1, -0.05) is 18.2 Å². The number of fused-ring (bicyclic) bond motifs is 1. The molecule has 19 heavy (non-hydrogen) atoms. The van der Waals surface area contributed by atoms with E-state index in [9.17, 15) is 4.79 Å². The summed E-state index contributed by atoms with van der Waals surface area (Å²) in [6.45, 7) is 1.57. The fourth-order valence-electron chi connectivity index (χ4n) is 2.60. The second kappa shape index (κ2) is 5.29. The van der Waals surface area contributed by atoms with Crippen LogP contribution in [0.25, 0.3) is 11.0 Å². The largest absolute Gasteiger partial charge is 0.461 e. The van der Waals surface area contributed by atoms with Gasteiger partial charge in [-0.25, -0.2) is 0 Å². The molecular weight excluding hydrogens is 258 g/mol. The fourth-order valence-corrected chi connectivity index (χ4v) is 2.84. The molecule has 1 saturated heterocycles. The number of benzene rings is 1. The minimum Gasteiger partial charge on any atom is -0.461 e. The molecular formula is C15H17NO2S. The van der Waals surface area contributed by atoms with Gasteiger partial charge in [-0.2, -0.15) is 12.6 Å². The lowest BCUT2D eigenvalue weighted by Gasteiger charge is -2.15. The Morgan fingerprint density at radius 1 is 1.37 bits per heavy atom. The van der Waals surface area contributed by atoms with Gasteiger partial charge in [-0.15, -0.1) is 0 Å². The van der Waals surface area contributed by atoms with Crippen LogP contribution < -0.4 is 0 Å². The van der Waals surface area contributed by atoms with Crippen molar-refractivity contribution >= 4 is 29.5 Å². The highest BCUT2D eigenvalue weighted by Gasteiger charge is 2.28. The number of para-hydroxylation sites is 1. The lowest BCUT2D eigenvalue weighted by Crippen LogP contribution is -2.27. The number of carbonyl (C=O) groups is 1. The molecule has 3 nitrogen and oxygen atoms in total. The van der Waals surface area contributed by atoms with Gasteiger partial charge >= 0.3 is 0 Å². The number of furan rings is 1. The van der Waals surface area contributed by atoms with E-state index >= 15 is 0 Å². The highest BCUT2D eigenvalue weighted by Crippen LogP contribution is 2.22. The Morgan fingerprint density at radius 2 is 2.21 bits per heavy atom. The minimum absolute atomic E-state index is 0.246. The van der Waals surface area contributed by atoms with Gasteiger partial charge in [0.15, 0.2) is 0 Å². The summed E-state index contributed by atoms with van der Waals surface area (Å²) in [6, 6.07) is 10.0. The van der Waals surface area contributed by atoms with E-state index in [0.717, 1.165) is 42.0 Å². The highest BCUT2D eigenvalue weighted by molar-refractivity contribution is 7.80. The summed E-state index contributed by atoms with van der Waals surface area (Å²) in [6.07, 6.45) is 1.42. The molecule has 1 aromatic heterocycles. The third-order valence-electron chi connectivity index (χ3n) is 3.66. The molecule has 4 heteroatoms. The van der Waals surface area contributed by atoms with Gasteiger partial charge < -0.3 is 9.32 Å². The normalized spacial score (nSPS) is 19.5. The van der Waals surface area contributed by atoms with Crippen LogP contribution in [-0.2, 0) is 11.2 Å². The zero-order valence-electron chi connectivity index (χ0n) is 10.7. The first-order valence-corrected chi connectivity index (χ1v) is 7.25. The summed E-state index contributed by atoms with van der Waals surface area (Å²) in [5, 5.41) is 1.12. The van der Waals surface area contributed by atoms with Gasteiger partial charge in [0.1, 0.15) is 11.3 Å². The maximum absolute atomic E-state index is 11.8. The zero-order chi connectivity index (χ0) is 13.2. The van der Waals surface area contributed by atoms with Crippen LogP contribution in [0.3, 0.4) is 0 Å². The predicted molar refractivity (Wildman–Crippen MR) is 78.5 cm³/mol. The molecule has 0 N–H and O–H groups in total. The van der Waals surface area contributed by atoms with E-state index < -0.39 is 0 Å². The monoisotopic (exact) mass is 275 g/mol. The molecule has 2 heterocycles. The summed E-state index contributed by atoms with van der Waals surface area (Å²) in [5.41, 5.74) is 0.915. The minimum atomic E-state index is 0.246. The molecule has 1 amide bonds. The number of rotatable bonds is 4. The molecule has 0 spiro atoms. The van der Waals surface area contributed by atoms with Gasteiger partial charge in [0.25, 0.3) is 0 Å². The topological polar surface area (TPSA) is 33.5 Å². The molecule has 3 rings (SSSR count). The summed E-state index contributed by atoms with van der Waals surface area (Å²) < 4.78 is 5.76. The number of nitrogens with zero attached hydrogens (tertiary/aromatic N) is 1. The van der Waals surface area contributed by atoms with E-state index in [1.54, 1.807) is 0 Å². The zero-order valence-corrected chi connectivity index (χ0v) is 11.6. The van der Waals surface area contributed by atoms with E-state index in [1.807, 2.05) is 29.2 Å². The van der Waals surface area contributed by atoms with Gasteiger partial charge in [0.05, 0.1) is 0 Å². The van der Waals surface area contributed by atoms with Crippen LogP contribution in [-0.4, -0.2) is 29.6 Å². The highest BCUT2D eigenvalue weighted by atomic mass is 32.1. The first kappa shape index (κ1) is 12.6. The molecule has 1 unspecified atom stereocenters. The first-order chi connectivity index (χ1) is 9.26. The van der Waals surface area contributed by atoms with Crippen LogP contribution in [0.1, 0.15) is 12.2 Å². The Balaban J connectivity index is 1.64. The van der Waals surface area contributed by atoms with Crippen molar-refractivity contribution < 1.29 is 9.21 Å². The number of hydrogen-bond acceptors (Lipinski definition) is 3. The van der Waals surface area contributed by atoms with Crippen molar-refractivity contribution in [2.45, 2.75) is 12.8 Å². The molecule has 0 saturated carbocycles. The van der Waals surface area contributed by atoms with Crippen molar-refractivity contribution in [3.8, 4) is 0 Å². The number of carbonyl (C=O) groups excluding carboxylic acids is 1. The Hall–Kier alpha value is -1.42. The van der Waals surface area contributed by atoms with Crippen LogP contribution in [0.15, 0.2) is 34.7 Å². The van der Waals surface area contributed by atoms with Crippen LogP contribution in [0.2, 0.25) is 0 Å². The fraction of sp³-hybridized carbons (Fsp3) is 0.400. The van der Waals surface area contributed by atoms with Crippen LogP contribution in [0.4, 0.5) is 0 Å². The Labute approximate surface area is 118 Å². The molecule has 1 aromatic carbocycles. The summed E-state index contributed by atoms with van der Waals surface area (Å²) >= 11 is 4.27. The van der Waals surface area contributed by atoms with E-state index in [2.05, 4.69) is 18.7 Å². The molecule has 1 aliphatic heterocycles. The summed E-state index contributed by atoms with van der Waals surface area (Å²) in [4.78, 5) is 13.7. The number of thiol groups is 1. The van der Waals surface area contributed by atoms with E-state index in [4.69, 9.17) is 4.42 Å². The van der Waals surface area contributed by atoms with Crippen LogP contribution in [0.5, 0.6) is 0 Å². The van der Waals surface area contributed by atoms with E-state index in [0.29, 0.717) is 12.3 Å². The van der Waals surface area contributed by atoms with Crippen molar-refractivity contribution in [2.75, 3.05) is 18.8 Å². The number of amides is 1. The van der Waals surface area contributed by atoms with Gasteiger partial charge in [-0.05, 0) is 23.8 Å². The van der Waals surface area contributed by atoms with Crippen molar-refractivity contribution in [3.63, 3.8) is 0 Å². The lowest BCUT2D eigenvalue weighted by molar-refractivity contribution is -0.127. The average molecular weight is 275 g/mol. The predicted octanol–water partition coefficient (Wildman–Crippen LogP) is 2.75. The average Bonchev–Trinajstić information content (AvgIpc) is 2.99. The van der Waals surface area contributed by atoms with Gasteiger partial charge in [-0.3, -0.25) is 4.79 Å². The van der Waals surface area contributed by atoms with Crippen molar-refractivity contribution in [1.82, 2.24) is 4.90 Å². The smallest absolute Gasteiger partial charge is 0.222 e. The molecule has 0 bridgehead atoms. The van der Waals surface area contributed by atoms with E-state index in [-0.39, 0.29) is 5.91 Å². The van der Waals surface area contributed by atoms with Crippen molar-refractivity contribution in [3.05, 3.63) is 36.1 Å². The summed E-state index contributed by atoms with van der Waals surface area (Å²) in [5.74, 6) is 2.39. The molecule has 1 aliphatic rings. The van der Waals surface area contributed by atoms with Crippen molar-refractivity contribution in [1.29, 1.82) is 0 Å². The second-order valence-corrected chi connectivity index (χ2v) is 5.46. The van der Waals surface area contributed by atoms with Crippen LogP contribution in [0, 0.1) is 5.92 Å². The van der Waals surface area contributed by atoms with Crippen molar-refractivity contribution in [2.24, 2.45) is 5.92 Å². The quantitative estimate of drug-likeness (QED) is 0.870. The maximum atomic E-state index is 11.8. The molecule has 2 aromatic rings. The molecule has 0 radical (unpaired) electrons. The molecule has 100 valence electrons. The SMILES string of the molecule is O=C1CC(CS)CN1CCc1cc2ccccc2o1. The van der Waals surface area contributed by atoms with Crippen LogP contribution >= 0.6 is 12.6 Å². The maximum Gasteiger partial charge on any atom is 0.222 e. The van der Waals surface area contributed by atoms with Gasteiger partial charge in [0, 0.05) is 31.3 Å². The lowest BCUT2D eigenvalue weighted by atomic mass is 10.1. The second-order valence-electron chi connectivity index (χ2n) is 5.09. The third kappa shape index (κ3) is 2.63. The Kier molecular flexibility index (Phi) is 3.51. The third-order valence-corrected chi connectivity index (χ3v) is 4.17. The first-order valence-electron chi connectivity index (χ1n) is 6.62. The molecule has 1 atom stereocenters. The molecule has 0 aliphatic carbocycles. The Bertz CT molecular complexity index is 560. The van der Waals surface area contributed by atoms with E-state index in [1.165, 1.54) is 0 Å². The standard InChI is InChI=1S/C15H17NO2S/c17-15-7-11(10-19)9-16(15)6-5-13-8-12-3-1-2-4-14(12)18-13/h1-4,8,11,19H,5-7,9-10H2. The number of likely N-dealkylation sites (tertiary alicyclic amines) is 1. The summed E-state index contributed by atoms with van der Waals surface area (Å²) in [7, 11) is 0.